The molecule has 0 saturated heterocycles. The van der Waals surface area contributed by atoms with Crippen LogP contribution in [-0.4, -0.2) is 31.7 Å². The fourth-order valence-corrected chi connectivity index (χ4v) is 3.04. The number of sulfonamides is 1. The van der Waals surface area contributed by atoms with Gasteiger partial charge < -0.3 is 11.5 Å². The molecule has 1 aromatic rings. The summed E-state index contributed by atoms with van der Waals surface area (Å²) in [5, 5.41) is 8.63. The average molecular weight is 296 g/mol. The fraction of sp³-hybridized carbons (Fsp3) is 0.333. The molecule has 8 heteroatoms. The Bertz CT molecular complexity index is 664. The van der Waals surface area contributed by atoms with E-state index < -0.39 is 22.0 Å². The number of rotatable bonds is 5. The van der Waals surface area contributed by atoms with Gasteiger partial charge in [0.25, 0.3) is 0 Å². The molecule has 0 spiro atoms. The molecular formula is C12H16N4O3S. The minimum Gasteiger partial charge on any atom is -0.398 e. The second-order valence-corrected chi connectivity index (χ2v) is 6.32. The highest BCUT2D eigenvalue weighted by Gasteiger charge is 2.27. The number of nitrogens with zero attached hydrogens (tertiary/aromatic N) is 2. The van der Waals surface area contributed by atoms with Crippen molar-refractivity contribution in [2.45, 2.75) is 24.3 Å². The van der Waals surface area contributed by atoms with E-state index in [9.17, 15) is 13.2 Å². The van der Waals surface area contributed by atoms with Crippen LogP contribution >= 0.6 is 0 Å². The highest BCUT2D eigenvalue weighted by atomic mass is 32.2. The maximum Gasteiger partial charge on any atom is 0.248 e. The number of carbonyl (C=O) groups is 1. The molecule has 0 aliphatic carbocycles. The Kier molecular flexibility index (Phi) is 4.70. The predicted molar refractivity (Wildman–Crippen MR) is 74.0 cm³/mol. The molecule has 1 atom stereocenters. The van der Waals surface area contributed by atoms with Crippen LogP contribution in [0.2, 0.25) is 0 Å². The molecule has 0 radical (unpaired) electrons. The Morgan fingerprint density at radius 1 is 1.50 bits per heavy atom. The predicted octanol–water partition coefficient (Wildman–Crippen LogP) is 0.290. The molecule has 0 bridgehead atoms. The Morgan fingerprint density at radius 3 is 2.55 bits per heavy atom. The summed E-state index contributed by atoms with van der Waals surface area (Å²) in [6, 6.07) is 5.18. The zero-order chi connectivity index (χ0) is 15.5. The van der Waals surface area contributed by atoms with Crippen LogP contribution in [-0.2, 0) is 10.0 Å². The van der Waals surface area contributed by atoms with Crippen LogP contribution in [0, 0.1) is 11.3 Å². The standard InChI is InChI=1S/C12H16N4O3S/c1-8(5-6-13)16(2)20(18,19)11-4-3-9(12(15)17)7-10(11)14/h3-4,7-8H,5,14H2,1-2H3,(H2,15,17). The molecule has 0 saturated carbocycles. The lowest BCUT2D eigenvalue weighted by atomic mass is 10.2. The van der Waals surface area contributed by atoms with Gasteiger partial charge in [0.05, 0.1) is 18.2 Å². The van der Waals surface area contributed by atoms with Gasteiger partial charge in [0.2, 0.25) is 15.9 Å². The number of nitrogen functional groups attached to an aromatic ring is 1. The molecule has 1 rings (SSSR count). The Hall–Kier alpha value is -2.11. The molecule has 1 aromatic carbocycles. The number of anilines is 1. The van der Waals surface area contributed by atoms with Gasteiger partial charge in [-0.15, -0.1) is 0 Å². The average Bonchev–Trinajstić information content (AvgIpc) is 2.37. The van der Waals surface area contributed by atoms with E-state index in [1.165, 1.54) is 25.2 Å². The van der Waals surface area contributed by atoms with E-state index >= 15 is 0 Å². The summed E-state index contributed by atoms with van der Waals surface area (Å²) in [5.41, 5.74) is 10.9. The van der Waals surface area contributed by atoms with Gasteiger partial charge in [0.1, 0.15) is 4.90 Å². The molecule has 20 heavy (non-hydrogen) atoms. The third-order valence-electron chi connectivity index (χ3n) is 2.96. The maximum atomic E-state index is 12.4. The highest BCUT2D eigenvalue weighted by Crippen LogP contribution is 2.24. The van der Waals surface area contributed by atoms with Crippen molar-refractivity contribution in [2.75, 3.05) is 12.8 Å². The van der Waals surface area contributed by atoms with Crippen LogP contribution in [0.1, 0.15) is 23.7 Å². The summed E-state index contributed by atoms with van der Waals surface area (Å²) in [4.78, 5) is 10.9. The topological polar surface area (TPSA) is 130 Å². The van der Waals surface area contributed by atoms with E-state index in [0.717, 1.165) is 4.31 Å². The van der Waals surface area contributed by atoms with Crippen LogP contribution in [0.5, 0.6) is 0 Å². The zero-order valence-corrected chi connectivity index (χ0v) is 12.0. The summed E-state index contributed by atoms with van der Waals surface area (Å²) in [7, 11) is -2.45. The third kappa shape index (κ3) is 3.07. The number of benzene rings is 1. The van der Waals surface area contributed by atoms with E-state index in [0.29, 0.717) is 0 Å². The molecule has 7 nitrogen and oxygen atoms in total. The number of primary amides is 1. The quantitative estimate of drug-likeness (QED) is 0.754. The molecule has 108 valence electrons. The molecule has 0 aromatic heterocycles. The third-order valence-corrected chi connectivity index (χ3v) is 5.00. The summed E-state index contributed by atoms with van der Waals surface area (Å²) in [6.07, 6.45) is 0.0645. The Morgan fingerprint density at radius 2 is 2.10 bits per heavy atom. The molecule has 1 unspecified atom stereocenters. The summed E-state index contributed by atoms with van der Waals surface area (Å²) < 4.78 is 25.8. The van der Waals surface area contributed by atoms with Gasteiger partial charge in [0.15, 0.2) is 0 Å². The zero-order valence-electron chi connectivity index (χ0n) is 11.2. The molecule has 4 N–H and O–H groups in total. The fourth-order valence-electron chi connectivity index (χ4n) is 1.59. The molecule has 1 amide bonds. The molecule has 0 fully saturated rings. The van der Waals surface area contributed by atoms with Crippen LogP contribution in [0.15, 0.2) is 23.1 Å². The van der Waals surface area contributed by atoms with Crippen LogP contribution in [0.3, 0.4) is 0 Å². The maximum absolute atomic E-state index is 12.4. The van der Waals surface area contributed by atoms with Gasteiger partial charge in [-0.2, -0.15) is 9.57 Å². The number of hydrogen-bond acceptors (Lipinski definition) is 5. The Balaban J connectivity index is 3.23. The molecule has 0 aliphatic rings. The summed E-state index contributed by atoms with van der Waals surface area (Å²) >= 11 is 0. The smallest absolute Gasteiger partial charge is 0.248 e. The monoisotopic (exact) mass is 296 g/mol. The summed E-state index contributed by atoms with van der Waals surface area (Å²) in [6.45, 7) is 1.62. The van der Waals surface area contributed by atoms with Crippen molar-refractivity contribution < 1.29 is 13.2 Å². The highest BCUT2D eigenvalue weighted by molar-refractivity contribution is 7.89. The first-order valence-electron chi connectivity index (χ1n) is 5.76. The van der Waals surface area contributed by atoms with Gasteiger partial charge in [-0.1, -0.05) is 0 Å². The van der Waals surface area contributed by atoms with Gasteiger partial charge in [-0.05, 0) is 25.1 Å². The van der Waals surface area contributed by atoms with Crippen LogP contribution in [0.25, 0.3) is 0 Å². The first-order valence-corrected chi connectivity index (χ1v) is 7.20. The van der Waals surface area contributed by atoms with Crippen molar-refractivity contribution in [1.29, 1.82) is 5.26 Å². The van der Waals surface area contributed by atoms with E-state index in [-0.39, 0.29) is 22.6 Å². The molecule has 0 aliphatic heterocycles. The Labute approximate surface area is 117 Å². The number of nitrogens with two attached hydrogens (primary N) is 2. The molecule has 0 heterocycles. The van der Waals surface area contributed by atoms with Gasteiger partial charge in [-0.25, -0.2) is 8.42 Å². The largest absolute Gasteiger partial charge is 0.398 e. The van der Waals surface area contributed by atoms with Crippen LogP contribution in [0.4, 0.5) is 5.69 Å². The van der Waals surface area contributed by atoms with Crippen molar-refractivity contribution >= 4 is 21.6 Å². The number of amides is 1. The summed E-state index contributed by atoms with van der Waals surface area (Å²) in [5.74, 6) is -0.688. The van der Waals surface area contributed by atoms with Gasteiger partial charge >= 0.3 is 0 Å². The SMILES string of the molecule is CC(CC#N)N(C)S(=O)(=O)c1ccc(C(N)=O)cc1N. The van der Waals surface area contributed by atoms with E-state index in [2.05, 4.69) is 0 Å². The normalized spacial score (nSPS) is 12.9. The number of carbonyl (C=O) groups excluding carboxylic acids is 1. The van der Waals surface area contributed by atoms with Gasteiger partial charge in [0, 0.05) is 18.7 Å². The second-order valence-electron chi connectivity index (χ2n) is 4.35. The second kappa shape index (κ2) is 5.90. The lowest BCUT2D eigenvalue weighted by Crippen LogP contribution is -2.35. The number of hydrogen-bond donors (Lipinski definition) is 2. The van der Waals surface area contributed by atoms with Crippen LogP contribution < -0.4 is 11.5 Å². The lowest BCUT2D eigenvalue weighted by Gasteiger charge is -2.23. The number of nitriles is 1. The van der Waals surface area contributed by atoms with Crippen molar-refractivity contribution in [2.24, 2.45) is 5.73 Å². The van der Waals surface area contributed by atoms with Crippen molar-refractivity contribution in [1.82, 2.24) is 4.31 Å². The first-order chi connectivity index (χ1) is 9.21. The van der Waals surface area contributed by atoms with Crippen molar-refractivity contribution in [3.05, 3.63) is 23.8 Å². The van der Waals surface area contributed by atoms with Crippen molar-refractivity contribution in [3.63, 3.8) is 0 Å². The lowest BCUT2D eigenvalue weighted by molar-refractivity contribution is 0.1000. The van der Waals surface area contributed by atoms with E-state index in [1.54, 1.807) is 6.92 Å². The minimum absolute atomic E-state index is 0.0580. The van der Waals surface area contributed by atoms with Gasteiger partial charge in [-0.3, -0.25) is 4.79 Å². The van der Waals surface area contributed by atoms with Crippen molar-refractivity contribution in [3.8, 4) is 6.07 Å². The minimum atomic E-state index is -3.83. The van der Waals surface area contributed by atoms with E-state index in [1.807, 2.05) is 6.07 Å². The molecular weight excluding hydrogens is 280 g/mol. The van der Waals surface area contributed by atoms with E-state index in [4.69, 9.17) is 16.7 Å². The first kappa shape index (κ1) is 15.9.